The van der Waals surface area contributed by atoms with Crippen LogP contribution in [0.5, 0.6) is 0 Å². The second-order valence-corrected chi connectivity index (χ2v) is 17.0. The van der Waals surface area contributed by atoms with Crippen molar-refractivity contribution in [1.29, 1.82) is 0 Å². The number of unbranched alkanes of at least 4 members (excludes halogenated alkanes) is 1. The monoisotopic (exact) mass is 419 g/mol. The zero-order valence-electron chi connectivity index (χ0n) is 20.1. The molecule has 0 N–H and O–H groups in total. The standard InChI is InChI=1S/C21H49NO3Si2/c1-11-22(27(19(5)6,20(7)8)21(9)10)17-15-16-18-26(23-12-2,24-13-3)25-14-4/h19-21H,11-18H2,1-10H3. The second-order valence-electron chi connectivity index (χ2n) is 8.37. The molecule has 0 aliphatic heterocycles. The van der Waals surface area contributed by atoms with E-state index in [1.165, 1.54) is 13.0 Å². The van der Waals surface area contributed by atoms with Gasteiger partial charge in [0.15, 0.2) is 0 Å². The van der Waals surface area contributed by atoms with Gasteiger partial charge in [-0.25, -0.2) is 0 Å². The van der Waals surface area contributed by atoms with Crippen LogP contribution in [0.1, 0.15) is 82.1 Å². The van der Waals surface area contributed by atoms with Crippen LogP contribution in [0.2, 0.25) is 22.7 Å². The summed E-state index contributed by atoms with van der Waals surface area (Å²) in [6.07, 6.45) is 2.30. The average Bonchev–Trinajstić information content (AvgIpc) is 2.57. The maximum Gasteiger partial charge on any atom is 0.500 e. The molecule has 0 aliphatic rings. The van der Waals surface area contributed by atoms with Gasteiger partial charge in [0.2, 0.25) is 0 Å². The summed E-state index contributed by atoms with van der Waals surface area (Å²) in [5.74, 6) is 0. The quantitative estimate of drug-likeness (QED) is 0.216. The molecule has 6 heteroatoms. The predicted molar refractivity (Wildman–Crippen MR) is 123 cm³/mol. The molecule has 0 aromatic heterocycles. The lowest BCUT2D eigenvalue weighted by Crippen LogP contribution is -2.60. The van der Waals surface area contributed by atoms with E-state index in [2.05, 4.69) is 53.0 Å². The minimum atomic E-state index is -2.50. The van der Waals surface area contributed by atoms with Gasteiger partial charge in [-0.15, -0.1) is 0 Å². The van der Waals surface area contributed by atoms with E-state index in [0.29, 0.717) is 19.8 Å². The van der Waals surface area contributed by atoms with Gasteiger partial charge in [0.25, 0.3) is 0 Å². The molecular formula is C21H49NO3Si2. The molecule has 0 aliphatic carbocycles. The van der Waals surface area contributed by atoms with E-state index < -0.39 is 17.0 Å². The van der Waals surface area contributed by atoms with Crippen LogP contribution in [0.3, 0.4) is 0 Å². The Hall–Kier alpha value is 0.274. The van der Waals surface area contributed by atoms with Crippen molar-refractivity contribution in [2.45, 2.75) is 105 Å². The summed E-state index contributed by atoms with van der Waals surface area (Å²) in [6, 6.07) is 0.930. The highest BCUT2D eigenvalue weighted by Crippen LogP contribution is 2.44. The summed E-state index contributed by atoms with van der Waals surface area (Å²) in [6.45, 7) is 27.5. The summed E-state index contributed by atoms with van der Waals surface area (Å²) in [7, 11) is -4.04. The van der Waals surface area contributed by atoms with Crippen molar-refractivity contribution in [3.8, 4) is 0 Å². The minimum absolute atomic E-state index is 0.664. The van der Waals surface area contributed by atoms with Crippen LogP contribution < -0.4 is 0 Å². The van der Waals surface area contributed by atoms with Crippen LogP contribution in [-0.4, -0.2) is 54.5 Å². The molecule has 0 aromatic rings. The first-order valence-electron chi connectivity index (χ1n) is 11.3. The molecule has 0 atom stereocenters. The lowest BCUT2D eigenvalue weighted by molar-refractivity contribution is 0.0706. The van der Waals surface area contributed by atoms with Gasteiger partial charge in [-0.3, -0.25) is 0 Å². The Kier molecular flexibility index (Phi) is 13.6. The van der Waals surface area contributed by atoms with Gasteiger partial charge in [0.1, 0.15) is 8.24 Å². The molecule has 0 unspecified atom stereocenters. The smallest absolute Gasteiger partial charge is 0.374 e. The van der Waals surface area contributed by atoms with Crippen molar-refractivity contribution >= 4 is 17.0 Å². The molecule has 0 aromatic carbocycles. The van der Waals surface area contributed by atoms with Crippen molar-refractivity contribution in [3.05, 3.63) is 0 Å². The highest BCUT2D eigenvalue weighted by atomic mass is 28.4. The van der Waals surface area contributed by atoms with E-state index in [9.17, 15) is 0 Å². The normalized spacial score (nSPS) is 13.6. The Morgan fingerprint density at radius 2 is 1.07 bits per heavy atom. The van der Waals surface area contributed by atoms with E-state index in [1.54, 1.807) is 0 Å². The van der Waals surface area contributed by atoms with Crippen molar-refractivity contribution in [3.63, 3.8) is 0 Å². The molecule has 0 amide bonds. The summed E-state index contributed by atoms with van der Waals surface area (Å²) in [5.41, 5.74) is 2.29. The Bertz CT molecular complexity index is 340. The summed E-state index contributed by atoms with van der Waals surface area (Å²) < 4.78 is 20.9. The SMILES string of the molecule is CCO[Si](CCCCN(CC)[Si](C(C)C)(C(C)C)C(C)C)(OCC)OCC. The van der Waals surface area contributed by atoms with E-state index in [1.807, 2.05) is 20.8 Å². The van der Waals surface area contributed by atoms with Crippen LogP contribution in [0.15, 0.2) is 0 Å². The molecule has 27 heavy (non-hydrogen) atoms. The molecule has 0 fully saturated rings. The fraction of sp³-hybridized carbons (Fsp3) is 1.00. The van der Waals surface area contributed by atoms with Gasteiger partial charge in [0, 0.05) is 25.9 Å². The Labute approximate surface area is 172 Å². The topological polar surface area (TPSA) is 30.9 Å². The van der Waals surface area contributed by atoms with Crippen LogP contribution >= 0.6 is 0 Å². The number of hydrogen-bond acceptors (Lipinski definition) is 4. The summed E-state index contributed by atoms with van der Waals surface area (Å²) in [5, 5.41) is 0. The molecule has 0 radical (unpaired) electrons. The van der Waals surface area contributed by atoms with E-state index in [-0.39, 0.29) is 0 Å². The van der Waals surface area contributed by atoms with Crippen molar-refractivity contribution in [2.75, 3.05) is 32.9 Å². The summed E-state index contributed by atoms with van der Waals surface area (Å²) in [4.78, 5) is 0. The molecule has 0 rings (SSSR count). The maximum absolute atomic E-state index is 6.02. The van der Waals surface area contributed by atoms with Crippen LogP contribution in [0.25, 0.3) is 0 Å². The third-order valence-electron chi connectivity index (χ3n) is 5.96. The Morgan fingerprint density at radius 1 is 0.667 bits per heavy atom. The first-order valence-corrected chi connectivity index (χ1v) is 15.5. The molecule has 0 spiro atoms. The van der Waals surface area contributed by atoms with E-state index in [4.69, 9.17) is 13.3 Å². The van der Waals surface area contributed by atoms with Gasteiger partial charge in [0.05, 0.1) is 0 Å². The van der Waals surface area contributed by atoms with Gasteiger partial charge >= 0.3 is 8.80 Å². The number of nitrogens with zero attached hydrogens (tertiary/aromatic N) is 1. The van der Waals surface area contributed by atoms with Gasteiger partial charge in [-0.2, -0.15) is 0 Å². The predicted octanol–water partition coefficient (Wildman–Crippen LogP) is 6.31. The molecule has 164 valence electrons. The van der Waals surface area contributed by atoms with E-state index >= 15 is 0 Å². The van der Waals surface area contributed by atoms with Gasteiger partial charge in [-0.1, -0.05) is 48.5 Å². The molecule has 0 saturated heterocycles. The highest BCUT2D eigenvalue weighted by Gasteiger charge is 2.47. The third kappa shape index (κ3) is 7.23. The Morgan fingerprint density at radius 3 is 1.37 bits per heavy atom. The molecule has 4 nitrogen and oxygen atoms in total. The highest BCUT2D eigenvalue weighted by molar-refractivity contribution is 6.80. The van der Waals surface area contributed by atoms with Crippen LogP contribution in [-0.2, 0) is 13.3 Å². The summed E-state index contributed by atoms with van der Waals surface area (Å²) >= 11 is 0. The second kappa shape index (κ2) is 13.5. The van der Waals surface area contributed by atoms with Gasteiger partial charge < -0.3 is 17.8 Å². The largest absolute Gasteiger partial charge is 0.500 e. The first-order chi connectivity index (χ1) is 12.7. The van der Waals surface area contributed by atoms with Crippen LogP contribution in [0.4, 0.5) is 0 Å². The van der Waals surface area contributed by atoms with E-state index in [0.717, 1.165) is 35.6 Å². The molecule has 0 saturated carbocycles. The fourth-order valence-corrected chi connectivity index (χ4v) is 15.3. The van der Waals surface area contributed by atoms with Crippen molar-refractivity contribution in [2.24, 2.45) is 0 Å². The zero-order chi connectivity index (χ0) is 21.1. The lowest BCUT2D eigenvalue weighted by atomic mass is 10.3. The molecular weight excluding hydrogens is 370 g/mol. The van der Waals surface area contributed by atoms with Crippen molar-refractivity contribution < 1.29 is 13.3 Å². The molecule has 0 bridgehead atoms. The first kappa shape index (κ1) is 27.3. The van der Waals surface area contributed by atoms with Crippen molar-refractivity contribution in [1.82, 2.24) is 4.57 Å². The average molecular weight is 420 g/mol. The zero-order valence-corrected chi connectivity index (χ0v) is 22.1. The maximum atomic E-state index is 6.02. The molecule has 0 heterocycles. The minimum Gasteiger partial charge on any atom is -0.374 e. The fourth-order valence-electron chi connectivity index (χ4n) is 5.37. The number of rotatable bonds is 16. The van der Waals surface area contributed by atoms with Gasteiger partial charge in [-0.05, 0) is 63.3 Å². The number of hydrogen-bond donors (Lipinski definition) is 0. The third-order valence-corrected chi connectivity index (χ3v) is 16.3. The Balaban J connectivity index is 5.08. The lowest BCUT2D eigenvalue weighted by Gasteiger charge is -2.51. The van der Waals surface area contributed by atoms with Crippen LogP contribution in [0, 0.1) is 0 Å².